The number of hydrogen-bond donors (Lipinski definition) is 1. The van der Waals surface area contributed by atoms with Gasteiger partial charge in [-0.3, -0.25) is 4.79 Å². The van der Waals surface area contributed by atoms with Crippen molar-refractivity contribution < 1.29 is 13.9 Å². The van der Waals surface area contributed by atoms with Gasteiger partial charge in [0.1, 0.15) is 11.9 Å². The first-order valence-electron chi connectivity index (χ1n) is 7.46. The van der Waals surface area contributed by atoms with Crippen LogP contribution in [0.1, 0.15) is 25.7 Å². The zero-order valence-corrected chi connectivity index (χ0v) is 11.9. The van der Waals surface area contributed by atoms with E-state index < -0.39 is 0 Å². The van der Waals surface area contributed by atoms with Crippen molar-refractivity contribution in [3.8, 4) is 5.88 Å². The zero-order chi connectivity index (χ0) is 14.8. The number of piperidine rings is 1. The highest BCUT2D eigenvalue weighted by Crippen LogP contribution is 2.32. The molecule has 6 heteroatoms. The molecule has 0 spiro atoms. The van der Waals surface area contributed by atoms with Crippen LogP contribution in [-0.4, -0.2) is 41.0 Å². The van der Waals surface area contributed by atoms with Gasteiger partial charge in [0.05, 0.1) is 12.2 Å². The van der Waals surface area contributed by atoms with Crippen molar-refractivity contribution in [1.29, 1.82) is 0 Å². The standard InChI is InChI=1S/C15H20FN3O2/c16-11-3-4-13(18-9-11)21-12-5-7-19(8-6-12)15(20)14(17)10-1-2-10/h3-4,9-10,12,14H,1-2,5-8,17H2/t14-/m0/s1. The molecular weight excluding hydrogens is 273 g/mol. The third-order valence-corrected chi connectivity index (χ3v) is 4.16. The van der Waals surface area contributed by atoms with Crippen LogP contribution in [0.5, 0.6) is 5.88 Å². The molecule has 1 saturated carbocycles. The van der Waals surface area contributed by atoms with Gasteiger partial charge in [0, 0.05) is 32.0 Å². The number of hydrogen-bond acceptors (Lipinski definition) is 4. The highest BCUT2D eigenvalue weighted by molar-refractivity contribution is 5.82. The molecule has 1 aromatic heterocycles. The van der Waals surface area contributed by atoms with Gasteiger partial charge < -0.3 is 15.4 Å². The predicted octanol–water partition coefficient (Wildman–Crippen LogP) is 1.33. The Bertz CT molecular complexity index is 496. The fourth-order valence-electron chi connectivity index (χ4n) is 2.66. The van der Waals surface area contributed by atoms with Crippen LogP contribution in [0.3, 0.4) is 0 Å². The number of aromatic nitrogens is 1. The largest absolute Gasteiger partial charge is 0.474 e. The monoisotopic (exact) mass is 293 g/mol. The third kappa shape index (κ3) is 3.50. The average Bonchev–Trinajstić information content (AvgIpc) is 3.34. The maximum absolute atomic E-state index is 12.8. The van der Waals surface area contributed by atoms with Gasteiger partial charge in [-0.05, 0) is 24.8 Å². The smallest absolute Gasteiger partial charge is 0.239 e. The Hall–Kier alpha value is -1.69. The molecule has 1 saturated heterocycles. The SMILES string of the molecule is N[C@H](C(=O)N1CCC(Oc2ccc(F)cn2)CC1)C1CC1. The van der Waals surface area contributed by atoms with E-state index in [1.54, 1.807) is 0 Å². The lowest BCUT2D eigenvalue weighted by molar-refractivity contribution is -0.134. The van der Waals surface area contributed by atoms with Crippen LogP contribution in [0.15, 0.2) is 18.3 Å². The molecule has 1 aliphatic heterocycles. The first-order valence-corrected chi connectivity index (χ1v) is 7.46. The molecule has 1 atom stereocenters. The molecule has 2 N–H and O–H groups in total. The van der Waals surface area contributed by atoms with E-state index in [0.29, 0.717) is 24.9 Å². The molecule has 0 radical (unpaired) electrons. The summed E-state index contributed by atoms with van der Waals surface area (Å²) in [5, 5.41) is 0. The molecule has 21 heavy (non-hydrogen) atoms. The van der Waals surface area contributed by atoms with Crippen LogP contribution in [0.4, 0.5) is 4.39 Å². The number of ether oxygens (including phenoxy) is 1. The third-order valence-electron chi connectivity index (χ3n) is 4.16. The average molecular weight is 293 g/mol. The molecule has 5 nitrogen and oxygen atoms in total. The molecule has 2 fully saturated rings. The van der Waals surface area contributed by atoms with E-state index in [1.165, 1.54) is 12.1 Å². The van der Waals surface area contributed by atoms with Gasteiger partial charge in [-0.1, -0.05) is 0 Å². The first-order chi connectivity index (χ1) is 10.1. The Morgan fingerprint density at radius 3 is 2.62 bits per heavy atom. The van der Waals surface area contributed by atoms with E-state index in [9.17, 15) is 9.18 Å². The van der Waals surface area contributed by atoms with Crippen LogP contribution in [0, 0.1) is 11.7 Å². The Kier molecular flexibility index (Phi) is 4.05. The van der Waals surface area contributed by atoms with Gasteiger partial charge in [0.15, 0.2) is 0 Å². The lowest BCUT2D eigenvalue weighted by Gasteiger charge is -2.33. The van der Waals surface area contributed by atoms with Gasteiger partial charge in [0.2, 0.25) is 11.8 Å². The molecule has 1 aliphatic carbocycles. The van der Waals surface area contributed by atoms with Crippen molar-refractivity contribution >= 4 is 5.91 Å². The van der Waals surface area contributed by atoms with Gasteiger partial charge in [-0.2, -0.15) is 0 Å². The van der Waals surface area contributed by atoms with Crippen LogP contribution >= 0.6 is 0 Å². The molecule has 2 heterocycles. The maximum Gasteiger partial charge on any atom is 0.239 e. The number of amides is 1. The highest BCUT2D eigenvalue weighted by Gasteiger charge is 2.36. The fraction of sp³-hybridized carbons (Fsp3) is 0.600. The minimum absolute atomic E-state index is 0.0177. The molecule has 2 aliphatic rings. The number of likely N-dealkylation sites (tertiary alicyclic amines) is 1. The number of carbonyl (C=O) groups is 1. The van der Waals surface area contributed by atoms with E-state index in [1.807, 2.05) is 4.90 Å². The Balaban J connectivity index is 1.48. The summed E-state index contributed by atoms with van der Waals surface area (Å²) in [6.07, 6.45) is 4.81. The first kappa shape index (κ1) is 14.3. The van der Waals surface area contributed by atoms with Gasteiger partial charge in [-0.15, -0.1) is 0 Å². The number of nitrogens with two attached hydrogens (primary N) is 1. The predicted molar refractivity (Wildman–Crippen MR) is 75.1 cm³/mol. The summed E-state index contributed by atoms with van der Waals surface area (Å²) in [5.74, 6) is 0.499. The van der Waals surface area contributed by atoms with Gasteiger partial charge in [-0.25, -0.2) is 9.37 Å². The maximum atomic E-state index is 12.8. The second kappa shape index (κ2) is 5.97. The summed E-state index contributed by atoms with van der Waals surface area (Å²) < 4.78 is 18.5. The number of rotatable bonds is 4. The number of nitrogens with zero attached hydrogens (tertiary/aromatic N) is 2. The molecule has 114 valence electrons. The Morgan fingerprint density at radius 1 is 1.33 bits per heavy atom. The summed E-state index contributed by atoms with van der Waals surface area (Å²) in [5.41, 5.74) is 5.96. The summed E-state index contributed by atoms with van der Waals surface area (Å²) >= 11 is 0. The van der Waals surface area contributed by atoms with Crippen LogP contribution in [-0.2, 0) is 4.79 Å². The van der Waals surface area contributed by atoms with Crippen molar-refractivity contribution in [3.05, 3.63) is 24.1 Å². The second-order valence-corrected chi connectivity index (χ2v) is 5.82. The lowest BCUT2D eigenvalue weighted by Crippen LogP contribution is -2.49. The van der Waals surface area contributed by atoms with E-state index >= 15 is 0 Å². The Morgan fingerprint density at radius 2 is 2.05 bits per heavy atom. The van der Waals surface area contributed by atoms with Gasteiger partial charge in [0.25, 0.3) is 0 Å². The zero-order valence-electron chi connectivity index (χ0n) is 11.9. The van der Waals surface area contributed by atoms with Crippen molar-refractivity contribution in [2.24, 2.45) is 11.7 Å². The van der Waals surface area contributed by atoms with Crippen molar-refractivity contribution in [1.82, 2.24) is 9.88 Å². The van der Waals surface area contributed by atoms with E-state index in [4.69, 9.17) is 10.5 Å². The lowest BCUT2D eigenvalue weighted by atomic mass is 10.1. The van der Waals surface area contributed by atoms with E-state index in [-0.39, 0.29) is 23.9 Å². The molecule has 1 amide bonds. The normalized spacial score (nSPS) is 21.1. The van der Waals surface area contributed by atoms with E-state index in [0.717, 1.165) is 31.9 Å². The topological polar surface area (TPSA) is 68.5 Å². The minimum Gasteiger partial charge on any atom is -0.474 e. The van der Waals surface area contributed by atoms with Crippen LogP contribution < -0.4 is 10.5 Å². The summed E-state index contributed by atoms with van der Waals surface area (Å²) in [7, 11) is 0. The number of pyridine rings is 1. The number of halogens is 1. The molecule has 0 aromatic carbocycles. The quantitative estimate of drug-likeness (QED) is 0.909. The van der Waals surface area contributed by atoms with Crippen LogP contribution in [0.2, 0.25) is 0 Å². The Labute approximate surface area is 123 Å². The van der Waals surface area contributed by atoms with E-state index in [2.05, 4.69) is 4.98 Å². The molecule has 0 bridgehead atoms. The minimum atomic E-state index is -0.378. The second-order valence-electron chi connectivity index (χ2n) is 5.82. The van der Waals surface area contributed by atoms with Crippen LogP contribution in [0.25, 0.3) is 0 Å². The summed E-state index contributed by atoms with van der Waals surface area (Å²) in [6.45, 7) is 1.32. The fourth-order valence-corrected chi connectivity index (χ4v) is 2.66. The van der Waals surface area contributed by atoms with Gasteiger partial charge >= 0.3 is 0 Å². The molecular formula is C15H20FN3O2. The molecule has 1 aromatic rings. The van der Waals surface area contributed by atoms with Crippen molar-refractivity contribution in [3.63, 3.8) is 0 Å². The van der Waals surface area contributed by atoms with Crippen molar-refractivity contribution in [2.75, 3.05) is 13.1 Å². The highest BCUT2D eigenvalue weighted by atomic mass is 19.1. The number of carbonyl (C=O) groups excluding carboxylic acids is 1. The summed E-state index contributed by atoms with van der Waals surface area (Å²) in [6, 6.07) is 2.52. The molecule has 0 unspecified atom stereocenters. The summed E-state index contributed by atoms with van der Waals surface area (Å²) in [4.78, 5) is 17.9. The van der Waals surface area contributed by atoms with Crippen molar-refractivity contribution in [2.45, 2.75) is 37.8 Å². The molecule has 3 rings (SSSR count).